The number of ether oxygens (including phenoxy) is 5. The number of cyclic esters (lactones) is 1. The summed E-state index contributed by atoms with van der Waals surface area (Å²) < 4.78 is 29.6. The first kappa shape index (κ1) is 54.8. The highest BCUT2D eigenvalue weighted by Gasteiger charge is 2.53. The summed E-state index contributed by atoms with van der Waals surface area (Å²) in [6.07, 6.45) is 10.6. The fourth-order valence-electron chi connectivity index (χ4n) is 10.4. The molecule has 0 radical (unpaired) electrons. The lowest BCUT2D eigenvalue weighted by Crippen LogP contribution is -2.61. The second kappa shape index (κ2) is 25.5. The molecule has 4 rings (SSSR count). The summed E-state index contributed by atoms with van der Waals surface area (Å²) in [7, 11) is 4.63. The number of carbonyl (C=O) groups is 3. The molecule has 3 aliphatic heterocycles. The van der Waals surface area contributed by atoms with E-state index in [1.54, 1.807) is 34.1 Å². The number of piperidine rings is 1. The minimum Gasteiger partial charge on any atom is -0.460 e. The SMILES string of the molecule is COC1CC2CCC(C)C(O)(O2)C(=O)C(=O)N2CCCCC2C(=O)OC(C(C)CC2CCC(O)C(OC)C2)CC(O)C(C)/C=C(\C)C(O)C(OC)C(O)C(C)CC(C)/C=C/C=CC=C1C. The van der Waals surface area contributed by atoms with Gasteiger partial charge in [-0.3, -0.25) is 9.59 Å². The Hall–Kier alpha value is -2.79. The van der Waals surface area contributed by atoms with Gasteiger partial charge in [-0.15, -0.1) is 0 Å². The molecule has 14 nitrogen and oxygen atoms in total. The predicted octanol–water partition coefficient (Wildman–Crippen LogP) is 5.76. The zero-order valence-corrected chi connectivity index (χ0v) is 40.8. The number of fused-ring (bicyclic) bond motifs is 3. The van der Waals surface area contributed by atoms with Gasteiger partial charge in [0.25, 0.3) is 11.7 Å². The van der Waals surface area contributed by atoms with Crippen molar-refractivity contribution < 1.29 is 63.6 Å². The van der Waals surface area contributed by atoms with Crippen LogP contribution in [-0.2, 0) is 38.1 Å². The Labute approximate surface area is 388 Å². The third-order valence-corrected chi connectivity index (χ3v) is 14.9. The van der Waals surface area contributed by atoms with Gasteiger partial charge in [0, 0.05) is 52.6 Å². The van der Waals surface area contributed by atoms with Crippen molar-refractivity contribution in [1.29, 1.82) is 0 Å². The van der Waals surface area contributed by atoms with Crippen molar-refractivity contribution >= 4 is 17.7 Å². The number of hydrogen-bond acceptors (Lipinski definition) is 13. The molecule has 0 aromatic rings. The van der Waals surface area contributed by atoms with E-state index in [-0.39, 0.29) is 49.2 Å². The molecule has 65 heavy (non-hydrogen) atoms. The van der Waals surface area contributed by atoms with Crippen LogP contribution in [0.5, 0.6) is 0 Å². The Bertz CT molecular complexity index is 1660. The molecule has 5 N–H and O–H groups in total. The van der Waals surface area contributed by atoms with Gasteiger partial charge in [0.2, 0.25) is 5.79 Å². The number of aliphatic hydroxyl groups is 5. The van der Waals surface area contributed by atoms with E-state index >= 15 is 0 Å². The van der Waals surface area contributed by atoms with E-state index in [1.165, 1.54) is 12.0 Å². The number of allylic oxidation sites excluding steroid dienone is 5. The number of aliphatic hydroxyl groups excluding tert-OH is 4. The lowest BCUT2D eigenvalue weighted by Gasteiger charge is -2.43. The minimum atomic E-state index is -2.41. The van der Waals surface area contributed by atoms with Gasteiger partial charge in [0.1, 0.15) is 24.4 Å². The number of ketones is 1. The Morgan fingerprint density at radius 1 is 0.815 bits per heavy atom. The average Bonchev–Trinajstić information content (AvgIpc) is 3.28. The lowest BCUT2D eigenvalue weighted by atomic mass is 9.78. The zero-order valence-electron chi connectivity index (χ0n) is 40.8. The molecule has 0 aromatic heterocycles. The number of amides is 1. The largest absolute Gasteiger partial charge is 0.460 e. The maximum Gasteiger partial charge on any atom is 0.329 e. The van der Waals surface area contributed by atoms with Crippen LogP contribution in [0.1, 0.15) is 126 Å². The highest BCUT2D eigenvalue weighted by molar-refractivity contribution is 6.39. The Morgan fingerprint density at radius 2 is 1.54 bits per heavy atom. The third-order valence-electron chi connectivity index (χ3n) is 14.9. The molecule has 1 amide bonds. The van der Waals surface area contributed by atoms with Crippen LogP contribution >= 0.6 is 0 Å². The Morgan fingerprint density at radius 3 is 2.22 bits per heavy atom. The van der Waals surface area contributed by atoms with E-state index < -0.39 is 90.2 Å². The van der Waals surface area contributed by atoms with Crippen molar-refractivity contribution in [2.24, 2.45) is 35.5 Å². The van der Waals surface area contributed by atoms with Gasteiger partial charge < -0.3 is 54.1 Å². The van der Waals surface area contributed by atoms with Crippen molar-refractivity contribution in [2.75, 3.05) is 27.9 Å². The summed E-state index contributed by atoms with van der Waals surface area (Å²) in [6.45, 7) is 13.2. The maximum atomic E-state index is 14.4. The van der Waals surface area contributed by atoms with Crippen molar-refractivity contribution in [3.8, 4) is 0 Å². The van der Waals surface area contributed by atoms with Crippen LogP contribution in [0.2, 0.25) is 0 Å². The van der Waals surface area contributed by atoms with Crippen LogP contribution in [0, 0.1) is 35.5 Å². The van der Waals surface area contributed by atoms with Crippen LogP contribution in [0.4, 0.5) is 0 Å². The molecule has 0 aromatic carbocycles. The van der Waals surface area contributed by atoms with Crippen LogP contribution in [0.15, 0.2) is 47.6 Å². The van der Waals surface area contributed by atoms with E-state index in [0.717, 1.165) is 12.0 Å². The third kappa shape index (κ3) is 14.6. The van der Waals surface area contributed by atoms with Gasteiger partial charge in [0.15, 0.2) is 0 Å². The molecular formula is C51H83NO13. The predicted molar refractivity (Wildman–Crippen MR) is 247 cm³/mol. The van der Waals surface area contributed by atoms with Crippen LogP contribution in [-0.4, -0.2) is 143 Å². The summed E-state index contributed by atoms with van der Waals surface area (Å²) in [5.41, 5.74) is 1.41. The number of nitrogens with zero attached hydrogens (tertiary/aromatic N) is 1. The van der Waals surface area contributed by atoms with Gasteiger partial charge in [-0.05, 0) is 113 Å². The lowest BCUT2D eigenvalue weighted by molar-refractivity contribution is -0.265. The Kier molecular flexibility index (Phi) is 21.5. The molecule has 3 heterocycles. The van der Waals surface area contributed by atoms with E-state index in [4.69, 9.17) is 23.7 Å². The van der Waals surface area contributed by atoms with Gasteiger partial charge in [0.05, 0.1) is 36.6 Å². The second-order valence-electron chi connectivity index (χ2n) is 20.0. The van der Waals surface area contributed by atoms with Crippen molar-refractivity contribution in [3.63, 3.8) is 0 Å². The fraction of sp³-hybridized carbons (Fsp3) is 0.784. The average molecular weight is 918 g/mol. The van der Waals surface area contributed by atoms with E-state index in [2.05, 4.69) is 6.92 Å². The van der Waals surface area contributed by atoms with Gasteiger partial charge in [-0.2, -0.15) is 0 Å². The topological polar surface area (TPSA) is 202 Å². The number of methoxy groups -OCH3 is 3. The zero-order chi connectivity index (χ0) is 48.2. The van der Waals surface area contributed by atoms with Crippen molar-refractivity contribution in [3.05, 3.63) is 47.6 Å². The van der Waals surface area contributed by atoms with E-state index in [0.29, 0.717) is 63.4 Å². The Balaban J connectivity index is 1.70. The number of rotatable bonds is 6. The second-order valence-corrected chi connectivity index (χ2v) is 20.0. The van der Waals surface area contributed by atoms with Crippen LogP contribution < -0.4 is 0 Å². The summed E-state index contributed by atoms with van der Waals surface area (Å²) in [4.78, 5) is 44.1. The number of hydrogen-bond donors (Lipinski definition) is 5. The maximum absolute atomic E-state index is 14.4. The molecule has 1 saturated carbocycles. The van der Waals surface area contributed by atoms with Gasteiger partial charge in [-0.1, -0.05) is 71.1 Å². The number of esters is 1. The molecule has 0 spiro atoms. The first-order valence-electron chi connectivity index (χ1n) is 24.2. The highest BCUT2D eigenvalue weighted by atomic mass is 16.6. The van der Waals surface area contributed by atoms with Gasteiger partial charge in [-0.25, -0.2) is 4.79 Å². The smallest absolute Gasteiger partial charge is 0.329 e. The summed E-state index contributed by atoms with van der Waals surface area (Å²) in [6, 6.07) is -1.10. The molecular weight excluding hydrogens is 835 g/mol. The molecule has 1 aliphatic carbocycles. The molecule has 17 unspecified atom stereocenters. The van der Waals surface area contributed by atoms with Crippen LogP contribution in [0.3, 0.4) is 0 Å². The number of Topliss-reactive ketones (excluding diaryl/α,β-unsaturated/α-hetero) is 1. The quantitative estimate of drug-likeness (QED) is 0.122. The molecule has 3 fully saturated rings. The summed E-state index contributed by atoms with van der Waals surface area (Å²) in [5, 5.41) is 57.2. The molecule has 370 valence electrons. The number of carbonyl (C=O) groups excluding carboxylic acids is 3. The fourth-order valence-corrected chi connectivity index (χ4v) is 10.4. The molecule has 14 heteroatoms. The minimum absolute atomic E-state index is 0.0359. The van der Waals surface area contributed by atoms with E-state index in [9.17, 15) is 39.9 Å². The first-order chi connectivity index (χ1) is 30.7. The highest BCUT2D eigenvalue weighted by Crippen LogP contribution is 2.38. The summed E-state index contributed by atoms with van der Waals surface area (Å²) in [5.74, 6) is -6.69. The monoisotopic (exact) mass is 918 g/mol. The molecule has 2 saturated heterocycles. The summed E-state index contributed by atoms with van der Waals surface area (Å²) >= 11 is 0. The van der Waals surface area contributed by atoms with Crippen molar-refractivity contribution in [2.45, 2.75) is 192 Å². The normalized spacial score (nSPS) is 41.4. The molecule has 17 atom stereocenters. The van der Waals surface area contributed by atoms with Crippen LogP contribution in [0.25, 0.3) is 0 Å². The standard InChI is InChI=1S/C51H83NO13/c1-30-16-12-11-13-17-31(2)42(61-8)28-38-21-19-36(7)51(60,65-38)48(57)49(58)52-23-15-14-18-39(52)50(59)64-43(33(4)26-37-20-22-40(53)44(27-37)62-9)29-41(54)32(3)25-35(6)46(56)47(63-10)45(55)34(5)24-30/h11-13,16-17,25,30,32-34,36-47,53-56,60H,14-15,18-24,26-29H2,1-10H3/b13-11?,16-12+,31-17?,35-25+. The first-order valence-corrected chi connectivity index (χ1v) is 24.2. The van der Waals surface area contributed by atoms with Gasteiger partial charge >= 0.3 is 5.97 Å². The van der Waals surface area contributed by atoms with E-state index in [1.807, 2.05) is 58.1 Å². The molecule has 4 aliphatic rings. The van der Waals surface area contributed by atoms with Crippen molar-refractivity contribution in [1.82, 2.24) is 4.90 Å². The molecule has 2 bridgehead atoms.